The number of aliphatic hydroxyl groups is 4. The molecule has 4 heterocycles. The molecule has 20 nitrogen and oxygen atoms in total. The van der Waals surface area contributed by atoms with Crippen molar-refractivity contribution >= 4 is 29.8 Å². The number of hydrogen-bond acceptors (Lipinski definition) is 20. The van der Waals surface area contributed by atoms with Crippen molar-refractivity contribution < 1.29 is 96.9 Å². The zero-order valence-electron chi connectivity index (χ0n) is 29.8. The van der Waals surface area contributed by atoms with Crippen LogP contribution in [0.2, 0.25) is 0 Å². The van der Waals surface area contributed by atoms with Gasteiger partial charge in [0.15, 0.2) is 29.8 Å². The number of carbonyl (C=O) groups is 5. The molecule has 0 unspecified atom stereocenters. The van der Waals surface area contributed by atoms with Crippen LogP contribution in [0.1, 0.15) is 37.6 Å². The average Bonchev–Trinajstić information content (AvgIpc) is 3.13. The molecule has 20 heteroatoms. The lowest BCUT2D eigenvalue weighted by Crippen LogP contribution is -2.63. The van der Waals surface area contributed by atoms with Crippen molar-refractivity contribution in [2.45, 2.75) is 94.9 Å². The molecule has 0 aliphatic carbocycles. The number of aliphatic hydroxyl groups excluding tert-OH is 4. The minimum atomic E-state index is -1.86. The highest BCUT2D eigenvalue weighted by molar-refractivity contribution is 5.93. The topological polar surface area (TPSA) is 279 Å². The summed E-state index contributed by atoms with van der Waals surface area (Å²) in [6.07, 6.45) is -14.8. The summed E-state index contributed by atoms with van der Waals surface area (Å²) in [5.41, 5.74) is -0.309. The quantitative estimate of drug-likeness (QED) is 0.0953. The van der Waals surface area contributed by atoms with E-state index in [0.29, 0.717) is 6.42 Å². The third kappa shape index (κ3) is 9.18. The summed E-state index contributed by atoms with van der Waals surface area (Å²) >= 11 is 0. The van der Waals surface area contributed by atoms with Crippen LogP contribution in [0.4, 0.5) is 0 Å². The fraction of sp³-hybridized carbons (Fsp3) is 0.571. The Hall–Kier alpha value is -4.83. The Morgan fingerprint density at radius 3 is 2.22 bits per heavy atom. The molecule has 5 N–H and O–H groups in total. The van der Waals surface area contributed by atoms with Crippen LogP contribution in [0.15, 0.2) is 42.7 Å². The van der Waals surface area contributed by atoms with Crippen molar-refractivity contribution in [2.24, 2.45) is 11.8 Å². The smallest absolute Gasteiger partial charge is 0.342 e. The molecule has 0 saturated carbocycles. The first-order valence-electron chi connectivity index (χ1n) is 17.1. The summed E-state index contributed by atoms with van der Waals surface area (Å²) in [5.74, 6) is -6.90. The number of esters is 5. The standard InChI is InChI=1S/C35H42O20/c1-5-17-18-9-10-46-31(44)20(18)12-48-33(17)55-35-30(50-16(4)39)29(49-15(3)38)28(23(53-35)13-47-14(2)37)54-32(45)19-7-6-8-21(24(19)40)51-34-27(43)26(42)25(41)22(11-36)52-34/h5-8,12,17-18,22-23,25-30,33-36,40-43H,1,9-11,13H2,2-4H3/t17-,18+,22+,23-,25+,26+,27-,28-,29+,30-,33+,34-,35+/m1/s1. The van der Waals surface area contributed by atoms with Gasteiger partial charge in [0.1, 0.15) is 42.7 Å². The van der Waals surface area contributed by atoms with E-state index in [0.717, 1.165) is 26.8 Å². The third-order valence-electron chi connectivity index (χ3n) is 9.15. The number of ether oxygens (including phenoxy) is 10. The lowest BCUT2D eigenvalue weighted by Gasteiger charge is -2.46. The summed E-state index contributed by atoms with van der Waals surface area (Å²) in [7, 11) is 0. The lowest BCUT2D eigenvalue weighted by molar-refractivity contribution is -0.341. The fourth-order valence-electron chi connectivity index (χ4n) is 6.52. The first-order valence-corrected chi connectivity index (χ1v) is 17.1. The van der Waals surface area contributed by atoms with Crippen LogP contribution < -0.4 is 4.74 Å². The predicted molar refractivity (Wildman–Crippen MR) is 175 cm³/mol. The van der Waals surface area contributed by atoms with E-state index in [1.165, 1.54) is 24.5 Å². The lowest BCUT2D eigenvalue weighted by atomic mass is 9.81. The Kier molecular flexibility index (Phi) is 13.3. The minimum Gasteiger partial charge on any atom is -0.504 e. The van der Waals surface area contributed by atoms with Crippen LogP contribution >= 0.6 is 0 Å². The number of cyclic esters (lactones) is 1. The maximum absolute atomic E-state index is 13.8. The van der Waals surface area contributed by atoms with Gasteiger partial charge in [0.25, 0.3) is 0 Å². The molecule has 4 aliphatic heterocycles. The molecule has 3 saturated heterocycles. The number of benzene rings is 1. The Balaban J connectivity index is 1.45. The average molecular weight is 783 g/mol. The van der Waals surface area contributed by atoms with Gasteiger partial charge in [-0.1, -0.05) is 12.1 Å². The summed E-state index contributed by atoms with van der Waals surface area (Å²) in [6.45, 7) is 5.72. The Morgan fingerprint density at radius 2 is 1.56 bits per heavy atom. The molecule has 0 radical (unpaired) electrons. The van der Waals surface area contributed by atoms with E-state index in [2.05, 4.69) is 6.58 Å². The summed E-state index contributed by atoms with van der Waals surface area (Å²) in [5, 5.41) is 51.2. The van der Waals surface area contributed by atoms with Gasteiger partial charge in [-0.3, -0.25) is 14.4 Å². The second-order valence-corrected chi connectivity index (χ2v) is 12.9. The highest BCUT2D eigenvalue weighted by Crippen LogP contribution is 2.40. The Labute approximate surface area is 313 Å². The first kappa shape index (κ1) is 41.3. The normalized spacial score (nSPS) is 34.3. The van der Waals surface area contributed by atoms with E-state index in [9.17, 15) is 49.5 Å². The zero-order valence-corrected chi connectivity index (χ0v) is 29.8. The molecule has 3 fully saturated rings. The molecule has 0 aromatic heterocycles. The molecule has 55 heavy (non-hydrogen) atoms. The van der Waals surface area contributed by atoms with Gasteiger partial charge in [-0.05, 0) is 18.6 Å². The van der Waals surface area contributed by atoms with Crippen molar-refractivity contribution in [1.29, 1.82) is 0 Å². The molecule has 0 amide bonds. The molecule has 302 valence electrons. The van der Waals surface area contributed by atoms with Crippen LogP contribution in [0.5, 0.6) is 11.5 Å². The van der Waals surface area contributed by atoms with Gasteiger partial charge in [0.05, 0.1) is 25.0 Å². The number of rotatable bonds is 12. The van der Waals surface area contributed by atoms with E-state index in [1.807, 2.05) is 0 Å². The van der Waals surface area contributed by atoms with Gasteiger partial charge < -0.3 is 72.9 Å². The van der Waals surface area contributed by atoms with Gasteiger partial charge in [0, 0.05) is 32.6 Å². The number of hydrogen-bond donors (Lipinski definition) is 5. The van der Waals surface area contributed by atoms with E-state index in [4.69, 9.17) is 47.4 Å². The number of carbonyl (C=O) groups excluding carboxylic acids is 5. The molecular weight excluding hydrogens is 740 g/mol. The van der Waals surface area contributed by atoms with Crippen molar-refractivity contribution in [3.63, 3.8) is 0 Å². The van der Waals surface area contributed by atoms with Gasteiger partial charge in [-0.25, -0.2) is 9.59 Å². The molecular formula is C35H42O20. The maximum atomic E-state index is 13.8. The molecule has 0 spiro atoms. The molecule has 1 aromatic carbocycles. The Morgan fingerprint density at radius 1 is 0.873 bits per heavy atom. The summed E-state index contributed by atoms with van der Waals surface area (Å²) < 4.78 is 55.9. The van der Waals surface area contributed by atoms with Crippen molar-refractivity contribution in [1.82, 2.24) is 0 Å². The fourth-order valence-corrected chi connectivity index (χ4v) is 6.52. The summed E-state index contributed by atoms with van der Waals surface area (Å²) in [4.78, 5) is 63.0. The number of aromatic hydroxyl groups is 1. The number of phenols is 1. The second-order valence-electron chi connectivity index (χ2n) is 12.9. The van der Waals surface area contributed by atoms with Gasteiger partial charge in [0.2, 0.25) is 18.9 Å². The van der Waals surface area contributed by atoms with Gasteiger partial charge in [-0.2, -0.15) is 0 Å². The number of para-hydroxylation sites is 1. The molecule has 0 bridgehead atoms. The largest absolute Gasteiger partial charge is 0.504 e. The SMILES string of the molecule is C=C[C@H]1[C@H](O[C@@H]2O[C@H](COC(C)=O)[C@@H](OC(=O)c3cccc(O[C@@H]4O[C@@H](CO)[C@H](O)[C@H](O)[C@H]4O)c3O)[C@H](OC(C)=O)[C@H]2OC(C)=O)OC=C2C(=O)OCC[C@H]21. The van der Waals surface area contributed by atoms with Crippen LogP contribution in [0.3, 0.4) is 0 Å². The minimum absolute atomic E-state index is 0.123. The van der Waals surface area contributed by atoms with E-state index < -0.39 is 140 Å². The molecule has 4 aliphatic rings. The highest BCUT2D eigenvalue weighted by Gasteiger charge is 2.55. The molecule has 13 atom stereocenters. The molecule has 5 rings (SSSR count). The second kappa shape index (κ2) is 17.8. The highest BCUT2D eigenvalue weighted by atomic mass is 16.8. The van der Waals surface area contributed by atoms with Crippen LogP contribution in [0.25, 0.3) is 0 Å². The number of fused-ring (bicyclic) bond motifs is 1. The van der Waals surface area contributed by atoms with Crippen LogP contribution in [0, 0.1) is 11.8 Å². The van der Waals surface area contributed by atoms with Crippen LogP contribution in [-0.2, 0) is 61.8 Å². The molecule has 1 aromatic rings. The van der Waals surface area contributed by atoms with E-state index in [-0.39, 0.29) is 12.2 Å². The zero-order chi connectivity index (χ0) is 40.1. The van der Waals surface area contributed by atoms with Crippen molar-refractivity contribution in [3.05, 3.63) is 48.3 Å². The number of phenolic OH excluding ortho intramolecular Hbond substituents is 1. The Bertz CT molecular complexity index is 1640. The van der Waals surface area contributed by atoms with Crippen molar-refractivity contribution in [2.75, 3.05) is 19.8 Å². The van der Waals surface area contributed by atoms with Gasteiger partial charge in [-0.15, -0.1) is 6.58 Å². The first-order chi connectivity index (χ1) is 26.1. The monoisotopic (exact) mass is 782 g/mol. The van der Waals surface area contributed by atoms with Crippen LogP contribution in [-0.4, -0.2) is 143 Å². The third-order valence-corrected chi connectivity index (χ3v) is 9.15. The van der Waals surface area contributed by atoms with E-state index in [1.54, 1.807) is 0 Å². The summed E-state index contributed by atoms with van der Waals surface area (Å²) in [6, 6.07) is 3.52. The van der Waals surface area contributed by atoms with Gasteiger partial charge >= 0.3 is 29.8 Å². The predicted octanol–water partition coefficient (Wildman–Crippen LogP) is -1.13. The van der Waals surface area contributed by atoms with Crippen molar-refractivity contribution in [3.8, 4) is 11.5 Å². The van der Waals surface area contributed by atoms with E-state index >= 15 is 0 Å². The maximum Gasteiger partial charge on any atom is 0.342 e.